The summed E-state index contributed by atoms with van der Waals surface area (Å²) < 4.78 is 0. The summed E-state index contributed by atoms with van der Waals surface area (Å²) >= 11 is 1.64. The van der Waals surface area contributed by atoms with E-state index in [2.05, 4.69) is 12.2 Å². The van der Waals surface area contributed by atoms with Crippen LogP contribution in [-0.4, -0.2) is 42.3 Å². The Labute approximate surface area is 124 Å². The Bertz CT molecular complexity index is 444. The summed E-state index contributed by atoms with van der Waals surface area (Å²) in [5.41, 5.74) is 1.34. The Kier molecular flexibility index (Phi) is 7.15. The molecule has 0 fully saturated rings. The van der Waals surface area contributed by atoms with Crippen LogP contribution in [0.1, 0.15) is 30.1 Å². The van der Waals surface area contributed by atoms with Gasteiger partial charge in [-0.2, -0.15) is 11.8 Å². The van der Waals surface area contributed by atoms with Gasteiger partial charge in [-0.15, -0.1) is 0 Å². The minimum atomic E-state index is -0.0435. The van der Waals surface area contributed by atoms with Gasteiger partial charge in [-0.1, -0.05) is 13.3 Å². The third kappa shape index (κ3) is 5.65. The molecule has 4 nitrogen and oxygen atoms in total. The first-order valence-electron chi connectivity index (χ1n) is 6.74. The van der Waals surface area contributed by atoms with Crippen LogP contribution in [0.25, 0.3) is 0 Å². The molecule has 0 unspecified atom stereocenters. The lowest BCUT2D eigenvalue weighted by Gasteiger charge is -2.11. The summed E-state index contributed by atoms with van der Waals surface area (Å²) in [6, 6.07) is 6.96. The monoisotopic (exact) mass is 294 g/mol. The predicted molar refractivity (Wildman–Crippen MR) is 85.3 cm³/mol. The van der Waals surface area contributed by atoms with Gasteiger partial charge < -0.3 is 10.2 Å². The molecule has 0 bridgehead atoms. The minimum Gasteiger partial charge on any atom is -0.345 e. The lowest BCUT2D eigenvalue weighted by molar-refractivity contribution is -0.113. The molecule has 0 aliphatic carbocycles. The maximum absolute atomic E-state index is 11.7. The molecule has 1 rings (SSSR count). The SMILES string of the molecule is CCCCSCC(=O)Nc1ccc(C(=O)N(C)C)cc1. The number of rotatable bonds is 7. The molecule has 0 saturated carbocycles. The first kappa shape index (κ1) is 16.6. The quantitative estimate of drug-likeness (QED) is 0.787. The molecule has 2 amide bonds. The molecule has 0 aliphatic rings. The normalized spacial score (nSPS) is 10.2. The first-order valence-corrected chi connectivity index (χ1v) is 7.89. The van der Waals surface area contributed by atoms with E-state index in [0.717, 1.165) is 24.3 Å². The Balaban J connectivity index is 2.45. The van der Waals surface area contributed by atoms with Gasteiger partial charge in [-0.05, 0) is 36.4 Å². The van der Waals surface area contributed by atoms with Gasteiger partial charge in [0, 0.05) is 25.3 Å². The van der Waals surface area contributed by atoms with Gasteiger partial charge in [-0.25, -0.2) is 0 Å². The van der Waals surface area contributed by atoms with Crippen molar-refractivity contribution in [3.05, 3.63) is 29.8 Å². The van der Waals surface area contributed by atoms with Crippen molar-refractivity contribution in [3.8, 4) is 0 Å². The lowest BCUT2D eigenvalue weighted by atomic mass is 10.2. The van der Waals surface area contributed by atoms with Crippen molar-refractivity contribution in [3.63, 3.8) is 0 Å². The largest absolute Gasteiger partial charge is 0.345 e. The van der Waals surface area contributed by atoms with Crippen molar-refractivity contribution >= 4 is 29.3 Å². The van der Waals surface area contributed by atoms with Crippen LogP contribution >= 0.6 is 11.8 Å². The number of nitrogens with one attached hydrogen (secondary N) is 1. The minimum absolute atomic E-state index is 0.00205. The summed E-state index contributed by atoms with van der Waals surface area (Å²) in [4.78, 5) is 24.9. The Hall–Kier alpha value is -1.49. The summed E-state index contributed by atoms with van der Waals surface area (Å²) in [5.74, 6) is 1.44. The lowest BCUT2D eigenvalue weighted by Crippen LogP contribution is -2.21. The summed E-state index contributed by atoms with van der Waals surface area (Å²) in [6.07, 6.45) is 2.29. The molecule has 110 valence electrons. The van der Waals surface area contributed by atoms with E-state index in [9.17, 15) is 9.59 Å². The van der Waals surface area contributed by atoms with Gasteiger partial charge in [0.1, 0.15) is 0 Å². The van der Waals surface area contributed by atoms with Crippen molar-refractivity contribution in [2.75, 3.05) is 30.9 Å². The maximum atomic E-state index is 11.7. The summed E-state index contributed by atoms with van der Waals surface area (Å²) in [7, 11) is 3.43. The second kappa shape index (κ2) is 8.64. The average Bonchev–Trinajstić information content (AvgIpc) is 2.43. The van der Waals surface area contributed by atoms with Crippen LogP contribution in [0.5, 0.6) is 0 Å². The number of carbonyl (C=O) groups excluding carboxylic acids is 2. The highest BCUT2D eigenvalue weighted by atomic mass is 32.2. The molecule has 1 aromatic rings. The number of hydrogen-bond acceptors (Lipinski definition) is 3. The maximum Gasteiger partial charge on any atom is 0.253 e. The number of amides is 2. The Morgan fingerprint density at radius 2 is 1.85 bits per heavy atom. The molecule has 1 aromatic carbocycles. The van der Waals surface area contributed by atoms with Gasteiger partial charge in [0.25, 0.3) is 5.91 Å². The van der Waals surface area contributed by atoms with Crippen LogP contribution in [0.3, 0.4) is 0 Å². The number of thioether (sulfide) groups is 1. The Morgan fingerprint density at radius 3 is 2.40 bits per heavy atom. The number of carbonyl (C=O) groups is 2. The van der Waals surface area contributed by atoms with Crippen LogP contribution in [0.2, 0.25) is 0 Å². The summed E-state index contributed by atoms with van der Waals surface area (Å²) in [6.45, 7) is 2.14. The van der Waals surface area contributed by atoms with E-state index >= 15 is 0 Å². The average molecular weight is 294 g/mol. The van der Waals surface area contributed by atoms with E-state index in [4.69, 9.17) is 0 Å². The molecule has 0 heterocycles. The molecule has 5 heteroatoms. The third-order valence-electron chi connectivity index (χ3n) is 2.70. The zero-order valence-corrected chi connectivity index (χ0v) is 13.1. The second-order valence-electron chi connectivity index (χ2n) is 4.73. The van der Waals surface area contributed by atoms with E-state index in [1.54, 1.807) is 50.1 Å². The fraction of sp³-hybridized carbons (Fsp3) is 0.467. The van der Waals surface area contributed by atoms with E-state index in [0.29, 0.717) is 11.3 Å². The van der Waals surface area contributed by atoms with Gasteiger partial charge >= 0.3 is 0 Å². The van der Waals surface area contributed by atoms with E-state index in [1.165, 1.54) is 4.90 Å². The number of hydrogen-bond donors (Lipinski definition) is 1. The topological polar surface area (TPSA) is 49.4 Å². The summed E-state index contributed by atoms with van der Waals surface area (Å²) in [5, 5.41) is 2.83. The van der Waals surface area contributed by atoms with Crippen molar-refractivity contribution in [1.29, 1.82) is 0 Å². The highest BCUT2D eigenvalue weighted by Crippen LogP contribution is 2.12. The molecule has 0 radical (unpaired) electrons. The standard InChI is InChI=1S/C15H22N2O2S/c1-4-5-10-20-11-14(18)16-13-8-6-12(7-9-13)15(19)17(2)3/h6-9H,4-5,10-11H2,1-3H3,(H,16,18). The molecule has 0 spiro atoms. The van der Waals surface area contributed by atoms with E-state index < -0.39 is 0 Å². The highest BCUT2D eigenvalue weighted by Gasteiger charge is 2.08. The van der Waals surface area contributed by atoms with E-state index in [1.807, 2.05) is 0 Å². The van der Waals surface area contributed by atoms with Gasteiger partial charge in [0.15, 0.2) is 0 Å². The fourth-order valence-corrected chi connectivity index (χ4v) is 2.46. The zero-order chi connectivity index (χ0) is 15.0. The van der Waals surface area contributed by atoms with Crippen LogP contribution in [-0.2, 0) is 4.79 Å². The molecule has 0 saturated heterocycles. The van der Waals surface area contributed by atoms with Crippen molar-refractivity contribution < 1.29 is 9.59 Å². The van der Waals surface area contributed by atoms with Gasteiger partial charge in [0.2, 0.25) is 5.91 Å². The van der Waals surface area contributed by atoms with E-state index in [-0.39, 0.29) is 11.8 Å². The predicted octanol–water partition coefficient (Wildman–Crippen LogP) is 2.86. The number of anilines is 1. The molecule has 20 heavy (non-hydrogen) atoms. The molecule has 0 aliphatic heterocycles. The van der Waals surface area contributed by atoms with Crippen molar-refractivity contribution in [2.45, 2.75) is 19.8 Å². The van der Waals surface area contributed by atoms with Crippen molar-refractivity contribution in [1.82, 2.24) is 4.90 Å². The van der Waals surface area contributed by atoms with Gasteiger partial charge in [0.05, 0.1) is 5.75 Å². The molecule has 0 atom stereocenters. The third-order valence-corrected chi connectivity index (χ3v) is 3.74. The Morgan fingerprint density at radius 1 is 1.20 bits per heavy atom. The molecular weight excluding hydrogens is 272 g/mol. The number of nitrogens with zero attached hydrogens (tertiary/aromatic N) is 1. The molecule has 1 N–H and O–H groups in total. The molecule has 0 aromatic heterocycles. The highest BCUT2D eigenvalue weighted by molar-refractivity contribution is 7.99. The second-order valence-corrected chi connectivity index (χ2v) is 5.84. The fourth-order valence-electron chi connectivity index (χ4n) is 1.56. The van der Waals surface area contributed by atoms with Crippen LogP contribution < -0.4 is 5.32 Å². The first-order chi connectivity index (χ1) is 9.54. The van der Waals surface area contributed by atoms with Crippen molar-refractivity contribution in [2.24, 2.45) is 0 Å². The molecular formula is C15H22N2O2S. The number of unbranched alkanes of at least 4 members (excludes halogenated alkanes) is 1. The van der Waals surface area contributed by atoms with Crippen LogP contribution in [0.4, 0.5) is 5.69 Å². The van der Waals surface area contributed by atoms with Crippen LogP contribution in [0, 0.1) is 0 Å². The number of benzene rings is 1. The van der Waals surface area contributed by atoms with Gasteiger partial charge in [-0.3, -0.25) is 9.59 Å². The zero-order valence-electron chi connectivity index (χ0n) is 12.3. The van der Waals surface area contributed by atoms with Crippen LogP contribution in [0.15, 0.2) is 24.3 Å². The smallest absolute Gasteiger partial charge is 0.253 e.